The highest BCUT2D eigenvalue weighted by atomic mass is 79.9. The summed E-state index contributed by atoms with van der Waals surface area (Å²) in [4.78, 5) is 8.92. The lowest BCUT2D eigenvalue weighted by Crippen LogP contribution is -2.04. The molecular weight excluding hydrogens is 286 g/mol. The first-order valence-electron chi connectivity index (χ1n) is 5.51. The zero-order valence-electron chi connectivity index (χ0n) is 9.53. The molecule has 2 rings (SSSR count). The van der Waals surface area contributed by atoms with Crippen LogP contribution in [0.25, 0.3) is 0 Å². The van der Waals surface area contributed by atoms with Gasteiger partial charge < -0.3 is 5.73 Å². The van der Waals surface area contributed by atoms with E-state index in [-0.39, 0.29) is 0 Å². The van der Waals surface area contributed by atoms with Crippen molar-refractivity contribution in [1.29, 1.82) is 0 Å². The molecule has 5 heteroatoms. The summed E-state index contributed by atoms with van der Waals surface area (Å²) in [6.45, 7) is 4.35. The first-order chi connectivity index (χ1) is 7.58. The zero-order valence-corrected chi connectivity index (χ0v) is 11.9. The topological polar surface area (TPSA) is 51.8 Å². The number of anilines is 1. The summed E-state index contributed by atoms with van der Waals surface area (Å²) >= 11 is 5.32. The van der Waals surface area contributed by atoms with E-state index < -0.39 is 0 Å². The number of halogens is 1. The summed E-state index contributed by atoms with van der Waals surface area (Å²) in [6, 6.07) is 0. The van der Waals surface area contributed by atoms with Crippen molar-refractivity contribution in [1.82, 2.24) is 9.97 Å². The average Bonchev–Trinajstić information content (AvgIpc) is 3.03. The Hall–Kier alpha value is -0.290. The Balaban J connectivity index is 2.19. The highest BCUT2D eigenvalue weighted by molar-refractivity contribution is 9.10. The molecule has 0 atom stereocenters. The van der Waals surface area contributed by atoms with Crippen LogP contribution in [0.1, 0.15) is 44.1 Å². The molecule has 1 aliphatic carbocycles. The molecule has 1 heterocycles. The average molecular weight is 302 g/mol. The smallest absolute Gasteiger partial charge is 0.141 e. The molecule has 1 aromatic heterocycles. The Morgan fingerprint density at radius 3 is 2.69 bits per heavy atom. The van der Waals surface area contributed by atoms with E-state index in [1.54, 1.807) is 0 Å². The second kappa shape index (κ2) is 4.92. The Morgan fingerprint density at radius 1 is 1.44 bits per heavy atom. The van der Waals surface area contributed by atoms with Crippen LogP contribution >= 0.6 is 27.7 Å². The van der Waals surface area contributed by atoms with Crippen LogP contribution in [0.5, 0.6) is 0 Å². The van der Waals surface area contributed by atoms with Crippen molar-refractivity contribution >= 4 is 33.5 Å². The number of nitrogens with zero attached hydrogens (tertiary/aromatic N) is 2. The largest absolute Gasteiger partial charge is 0.383 e. The first kappa shape index (κ1) is 12.2. The van der Waals surface area contributed by atoms with Crippen molar-refractivity contribution in [3.63, 3.8) is 0 Å². The van der Waals surface area contributed by atoms with Crippen LogP contribution in [-0.2, 0) is 5.75 Å². The third-order valence-electron chi connectivity index (χ3n) is 2.46. The summed E-state index contributed by atoms with van der Waals surface area (Å²) in [5.41, 5.74) is 6.99. The molecule has 0 amide bonds. The van der Waals surface area contributed by atoms with Gasteiger partial charge in [0.05, 0.1) is 15.9 Å². The maximum Gasteiger partial charge on any atom is 0.141 e. The fourth-order valence-corrected chi connectivity index (χ4v) is 2.58. The van der Waals surface area contributed by atoms with Gasteiger partial charge in [-0.15, -0.1) is 0 Å². The molecule has 0 radical (unpaired) electrons. The molecule has 0 bridgehead atoms. The van der Waals surface area contributed by atoms with Gasteiger partial charge in [-0.2, -0.15) is 11.8 Å². The quantitative estimate of drug-likeness (QED) is 0.927. The van der Waals surface area contributed by atoms with Gasteiger partial charge in [0.15, 0.2) is 0 Å². The first-order valence-corrected chi connectivity index (χ1v) is 7.35. The van der Waals surface area contributed by atoms with Crippen LogP contribution in [0.2, 0.25) is 0 Å². The number of nitrogen functional groups attached to an aromatic ring is 1. The van der Waals surface area contributed by atoms with Gasteiger partial charge in [-0.1, -0.05) is 13.8 Å². The summed E-state index contributed by atoms with van der Waals surface area (Å²) in [6.07, 6.45) is 2.46. The van der Waals surface area contributed by atoms with Crippen LogP contribution < -0.4 is 5.73 Å². The van der Waals surface area contributed by atoms with E-state index in [0.29, 0.717) is 17.0 Å². The van der Waals surface area contributed by atoms with Crippen molar-refractivity contribution in [2.45, 2.75) is 43.6 Å². The Morgan fingerprint density at radius 2 is 2.12 bits per heavy atom. The summed E-state index contributed by atoms with van der Waals surface area (Å²) in [5, 5.41) is 0.595. The van der Waals surface area contributed by atoms with Crippen LogP contribution in [0, 0.1) is 0 Å². The normalized spacial score (nSPS) is 15.8. The summed E-state index contributed by atoms with van der Waals surface area (Å²) in [5.74, 6) is 2.88. The van der Waals surface area contributed by atoms with E-state index in [1.165, 1.54) is 12.8 Å². The molecule has 0 unspecified atom stereocenters. The molecule has 0 aromatic carbocycles. The molecule has 1 saturated carbocycles. The van der Waals surface area contributed by atoms with Gasteiger partial charge in [0.2, 0.25) is 0 Å². The monoisotopic (exact) mass is 301 g/mol. The van der Waals surface area contributed by atoms with E-state index in [0.717, 1.165) is 21.7 Å². The second-order valence-corrected chi connectivity index (χ2v) is 6.72. The minimum Gasteiger partial charge on any atom is -0.383 e. The number of hydrogen-bond acceptors (Lipinski definition) is 4. The number of thioether (sulfide) groups is 1. The van der Waals surface area contributed by atoms with E-state index in [1.807, 2.05) is 11.8 Å². The molecule has 0 aliphatic heterocycles. The molecule has 0 spiro atoms. The SMILES string of the molecule is CC(C)SCc1nc(N)c(Br)c(C2CC2)n1. The highest BCUT2D eigenvalue weighted by Gasteiger charge is 2.28. The molecule has 1 aliphatic rings. The number of hydrogen-bond donors (Lipinski definition) is 1. The lowest BCUT2D eigenvalue weighted by Gasteiger charge is -2.09. The van der Waals surface area contributed by atoms with Crippen LogP contribution in [0.4, 0.5) is 5.82 Å². The molecule has 1 aromatic rings. The lowest BCUT2D eigenvalue weighted by molar-refractivity contribution is 0.923. The number of rotatable bonds is 4. The van der Waals surface area contributed by atoms with Crippen molar-refractivity contribution in [3.05, 3.63) is 16.0 Å². The third kappa shape index (κ3) is 2.88. The van der Waals surface area contributed by atoms with Crippen LogP contribution in [0.15, 0.2) is 4.47 Å². The zero-order chi connectivity index (χ0) is 11.7. The van der Waals surface area contributed by atoms with Gasteiger partial charge in [-0.25, -0.2) is 9.97 Å². The fourth-order valence-electron chi connectivity index (χ4n) is 1.47. The van der Waals surface area contributed by atoms with Crippen molar-refractivity contribution in [3.8, 4) is 0 Å². The lowest BCUT2D eigenvalue weighted by atomic mass is 10.3. The maximum absolute atomic E-state index is 5.89. The molecule has 1 fully saturated rings. The van der Waals surface area contributed by atoms with Gasteiger partial charge in [-0.05, 0) is 34.0 Å². The van der Waals surface area contributed by atoms with Crippen LogP contribution in [-0.4, -0.2) is 15.2 Å². The summed E-state index contributed by atoms with van der Waals surface area (Å²) < 4.78 is 0.897. The van der Waals surface area contributed by atoms with E-state index in [4.69, 9.17) is 5.73 Å². The van der Waals surface area contributed by atoms with Crippen molar-refractivity contribution in [2.24, 2.45) is 0 Å². The Labute approximate surface area is 109 Å². The van der Waals surface area contributed by atoms with E-state index in [9.17, 15) is 0 Å². The van der Waals surface area contributed by atoms with Gasteiger partial charge in [0.25, 0.3) is 0 Å². The van der Waals surface area contributed by atoms with Crippen LogP contribution in [0.3, 0.4) is 0 Å². The second-order valence-electron chi connectivity index (χ2n) is 4.36. The van der Waals surface area contributed by atoms with Gasteiger partial charge in [0.1, 0.15) is 11.6 Å². The number of nitrogens with two attached hydrogens (primary N) is 1. The minimum absolute atomic E-state index is 0.580. The molecule has 88 valence electrons. The Bertz CT molecular complexity index is 391. The number of aromatic nitrogens is 2. The molecule has 0 saturated heterocycles. The third-order valence-corrected chi connectivity index (χ3v) is 4.36. The molecular formula is C11H16BrN3S. The van der Waals surface area contributed by atoms with Gasteiger partial charge in [0, 0.05) is 5.92 Å². The molecule has 16 heavy (non-hydrogen) atoms. The maximum atomic E-state index is 5.89. The predicted molar refractivity (Wildman–Crippen MR) is 72.6 cm³/mol. The van der Waals surface area contributed by atoms with Gasteiger partial charge >= 0.3 is 0 Å². The fraction of sp³-hybridized carbons (Fsp3) is 0.636. The van der Waals surface area contributed by atoms with E-state index in [2.05, 4.69) is 39.7 Å². The van der Waals surface area contributed by atoms with Gasteiger partial charge in [-0.3, -0.25) is 0 Å². The van der Waals surface area contributed by atoms with Crippen molar-refractivity contribution in [2.75, 3.05) is 5.73 Å². The predicted octanol–water partition coefficient (Wildman–Crippen LogP) is 3.34. The van der Waals surface area contributed by atoms with E-state index >= 15 is 0 Å². The molecule has 2 N–H and O–H groups in total. The van der Waals surface area contributed by atoms with Crippen molar-refractivity contribution < 1.29 is 0 Å². The summed E-state index contributed by atoms with van der Waals surface area (Å²) in [7, 11) is 0. The molecule has 3 nitrogen and oxygen atoms in total. The minimum atomic E-state index is 0.580. The Kier molecular flexibility index (Phi) is 3.74. The standard InChI is InChI=1S/C11H16BrN3S/c1-6(2)16-5-8-14-10(7-3-4-7)9(12)11(13)15-8/h6-7H,3-5H2,1-2H3,(H2,13,14,15). The highest BCUT2D eigenvalue weighted by Crippen LogP contribution is 2.43.